The Kier molecular flexibility index (Phi) is 7.26. The molecule has 0 aliphatic carbocycles. The normalized spacial score (nSPS) is 12.1. The maximum absolute atomic E-state index is 5.35. The second-order valence-electron chi connectivity index (χ2n) is 5.33. The first-order valence-corrected chi connectivity index (χ1v) is 7.31. The highest BCUT2D eigenvalue weighted by atomic mass is 14.1. The van der Waals surface area contributed by atoms with Crippen LogP contribution in [-0.4, -0.2) is 0 Å². The van der Waals surface area contributed by atoms with Crippen molar-refractivity contribution in [2.45, 2.75) is 58.8 Å². The van der Waals surface area contributed by atoms with Gasteiger partial charge < -0.3 is 0 Å². The van der Waals surface area contributed by atoms with E-state index in [1.807, 2.05) is 12.1 Å². The summed E-state index contributed by atoms with van der Waals surface area (Å²) < 4.78 is 0. The minimum atomic E-state index is 0.876. The van der Waals surface area contributed by atoms with Crippen molar-refractivity contribution in [2.75, 3.05) is 0 Å². The van der Waals surface area contributed by atoms with Crippen molar-refractivity contribution < 1.29 is 0 Å². The molecule has 0 heteroatoms. The Morgan fingerprint density at radius 3 is 2.33 bits per heavy atom. The monoisotopic (exact) mass is 242 g/mol. The molecule has 1 rings (SSSR count). The molecule has 98 valence electrons. The van der Waals surface area contributed by atoms with Gasteiger partial charge in [-0.25, -0.2) is 0 Å². The molecule has 0 bridgehead atoms. The zero-order valence-electron chi connectivity index (χ0n) is 11.9. The molecule has 0 nitrogen and oxygen atoms in total. The summed E-state index contributed by atoms with van der Waals surface area (Å²) in [5, 5.41) is 0. The van der Waals surface area contributed by atoms with E-state index in [9.17, 15) is 0 Å². The van der Waals surface area contributed by atoms with Gasteiger partial charge in [0.25, 0.3) is 0 Å². The molecule has 0 radical (unpaired) electrons. The van der Waals surface area contributed by atoms with E-state index in [0.29, 0.717) is 0 Å². The summed E-state index contributed by atoms with van der Waals surface area (Å²) in [6.45, 7) is 4.65. The first-order valence-electron chi connectivity index (χ1n) is 7.31. The van der Waals surface area contributed by atoms with E-state index in [2.05, 4.69) is 31.9 Å². The fourth-order valence-electron chi connectivity index (χ4n) is 2.31. The van der Waals surface area contributed by atoms with Gasteiger partial charge >= 0.3 is 0 Å². The number of aryl methyl sites for hydroxylation is 1. The summed E-state index contributed by atoms with van der Waals surface area (Å²) in [5.41, 5.74) is 2.39. The van der Waals surface area contributed by atoms with E-state index < -0.39 is 0 Å². The summed E-state index contributed by atoms with van der Waals surface area (Å²) in [5.74, 6) is 3.53. The maximum atomic E-state index is 5.35. The van der Waals surface area contributed by atoms with Gasteiger partial charge in [0.1, 0.15) is 0 Å². The highest BCUT2D eigenvalue weighted by molar-refractivity contribution is 5.34. The van der Waals surface area contributed by atoms with Gasteiger partial charge in [-0.15, -0.1) is 6.42 Å². The predicted octanol–water partition coefficient (Wildman–Crippen LogP) is 5.21. The largest absolute Gasteiger partial charge is 0.115 e. The lowest BCUT2D eigenvalue weighted by atomic mass is 9.96. The molecule has 18 heavy (non-hydrogen) atoms. The molecule has 1 aromatic carbocycles. The van der Waals surface area contributed by atoms with E-state index in [1.165, 1.54) is 50.5 Å². The van der Waals surface area contributed by atoms with Crippen LogP contribution in [0.5, 0.6) is 0 Å². The molecule has 0 saturated heterocycles. The number of hydrogen-bond acceptors (Lipinski definition) is 0. The van der Waals surface area contributed by atoms with E-state index in [-0.39, 0.29) is 0 Å². The van der Waals surface area contributed by atoms with Crippen molar-refractivity contribution in [3.63, 3.8) is 0 Å². The van der Waals surface area contributed by atoms with Gasteiger partial charge in [-0.2, -0.15) is 0 Å². The van der Waals surface area contributed by atoms with E-state index in [0.717, 1.165) is 11.5 Å². The quantitative estimate of drug-likeness (QED) is 0.434. The lowest BCUT2D eigenvalue weighted by Gasteiger charge is -2.10. The smallest absolute Gasteiger partial charge is 0.0242 e. The Labute approximate surface area is 113 Å². The van der Waals surface area contributed by atoms with Gasteiger partial charge in [-0.3, -0.25) is 0 Å². The molecule has 0 amide bonds. The van der Waals surface area contributed by atoms with Crippen LogP contribution in [0.2, 0.25) is 0 Å². The van der Waals surface area contributed by atoms with Crippen LogP contribution in [0.4, 0.5) is 0 Å². The molecule has 1 unspecified atom stereocenters. The van der Waals surface area contributed by atoms with Crippen molar-refractivity contribution in [3.8, 4) is 12.3 Å². The Bertz CT molecular complexity index is 353. The fraction of sp³-hybridized carbons (Fsp3) is 0.556. The summed E-state index contributed by atoms with van der Waals surface area (Å²) in [4.78, 5) is 0. The molecule has 0 fully saturated rings. The first-order chi connectivity index (χ1) is 8.76. The van der Waals surface area contributed by atoms with Crippen LogP contribution in [0.15, 0.2) is 24.3 Å². The van der Waals surface area contributed by atoms with E-state index in [1.54, 1.807) is 0 Å². The van der Waals surface area contributed by atoms with Crippen LogP contribution in [0.25, 0.3) is 0 Å². The number of hydrogen-bond donors (Lipinski definition) is 0. The van der Waals surface area contributed by atoms with Gasteiger partial charge in [-0.1, -0.05) is 64.0 Å². The second-order valence-corrected chi connectivity index (χ2v) is 5.33. The molecular formula is C18H26. The highest BCUT2D eigenvalue weighted by Crippen LogP contribution is 2.16. The molecule has 0 N–H and O–H groups in total. The zero-order valence-corrected chi connectivity index (χ0v) is 11.9. The second kappa shape index (κ2) is 8.81. The SMILES string of the molecule is C#Cc1ccc(CCCC(C)CCCCC)cc1. The third-order valence-electron chi connectivity index (χ3n) is 3.58. The van der Waals surface area contributed by atoms with Crippen LogP contribution in [-0.2, 0) is 6.42 Å². The molecule has 0 aliphatic rings. The van der Waals surface area contributed by atoms with Gasteiger partial charge in [0.2, 0.25) is 0 Å². The number of unbranched alkanes of at least 4 members (excludes halogenated alkanes) is 2. The standard InChI is InChI=1S/C18H26/c1-4-6-7-9-16(3)10-8-11-18-14-12-17(5-2)13-15-18/h2,12-16H,4,6-11H2,1,3H3. The number of benzene rings is 1. The Morgan fingerprint density at radius 2 is 1.72 bits per heavy atom. The Hall–Kier alpha value is -1.22. The third-order valence-corrected chi connectivity index (χ3v) is 3.58. The third kappa shape index (κ3) is 5.92. The van der Waals surface area contributed by atoms with Crippen LogP contribution >= 0.6 is 0 Å². The lowest BCUT2D eigenvalue weighted by Crippen LogP contribution is -1.96. The van der Waals surface area contributed by atoms with Crippen LogP contribution in [0.1, 0.15) is 63.5 Å². The van der Waals surface area contributed by atoms with Gasteiger partial charge in [0.05, 0.1) is 0 Å². The molecule has 0 saturated carbocycles. The van der Waals surface area contributed by atoms with Crippen LogP contribution in [0, 0.1) is 18.3 Å². The first kappa shape index (κ1) is 14.8. The predicted molar refractivity (Wildman–Crippen MR) is 80.6 cm³/mol. The molecular weight excluding hydrogens is 216 g/mol. The average molecular weight is 242 g/mol. The minimum absolute atomic E-state index is 0.876. The zero-order chi connectivity index (χ0) is 13.2. The van der Waals surface area contributed by atoms with Gasteiger partial charge in [0.15, 0.2) is 0 Å². The maximum Gasteiger partial charge on any atom is 0.0242 e. The number of terminal acetylenes is 1. The van der Waals surface area contributed by atoms with Gasteiger partial charge in [0, 0.05) is 5.56 Å². The molecule has 0 aliphatic heterocycles. The number of rotatable bonds is 8. The molecule has 0 heterocycles. The van der Waals surface area contributed by atoms with Crippen molar-refractivity contribution in [1.82, 2.24) is 0 Å². The summed E-state index contributed by atoms with van der Waals surface area (Å²) >= 11 is 0. The topological polar surface area (TPSA) is 0 Å². The van der Waals surface area contributed by atoms with Crippen molar-refractivity contribution in [2.24, 2.45) is 5.92 Å². The molecule has 1 atom stereocenters. The van der Waals surface area contributed by atoms with E-state index in [4.69, 9.17) is 6.42 Å². The average Bonchev–Trinajstić information content (AvgIpc) is 2.40. The molecule has 0 aromatic heterocycles. The summed E-state index contributed by atoms with van der Waals surface area (Å²) in [6, 6.07) is 8.41. The van der Waals surface area contributed by atoms with Crippen molar-refractivity contribution >= 4 is 0 Å². The van der Waals surface area contributed by atoms with Crippen LogP contribution < -0.4 is 0 Å². The minimum Gasteiger partial charge on any atom is -0.115 e. The molecule has 0 spiro atoms. The van der Waals surface area contributed by atoms with Crippen molar-refractivity contribution in [3.05, 3.63) is 35.4 Å². The fourth-order valence-corrected chi connectivity index (χ4v) is 2.31. The van der Waals surface area contributed by atoms with Crippen LogP contribution in [0.3, 0.4) is 0 Å². The molecule has 1 aromatic rings. The van der Waals surface area contributed by atoms with Crippen molar-refractivity contribution in [1.29, 1.82) is 0 Å². The van der Waals surface area contributed by atoms with E-state index >= 15 is 0 Å². The highest BCUT2D eigenvalue weighted by Gasteiger charge is 2.02. The Balaban J connectivity index is 2.18. The summed E-state index contributed by atoms with van der Waals surface area (Å²) in [7, 11) is 0. The Morgan fingerprint density at radius 1 is 1.06 bits per heavy atom. The lowest BCUT2D eigenvalue weighted by molar-refractivity contribution is 0.450. The summed E-state index contributed by atoms with van der Waals surface area (Å²) in [6.07, 6.45) is 14.7. The van der Waals surface area contributed by atoms with Gasteiger partial charge in [-0.05, 0) is 36.5 Å².